The molecule has 0 aliphatic carbocycles. The number of anilines is 2. The molecule has 0 saturated carbocycles. The van der Waals surface area contributed by atoms with Crippen molar-refractivity contribution in [2.45, 2.75) is 40.3 Å². The SMILES string of the molecule is Cc1ccc(COc2ccc(Nc3ncc(F)c(-c4cc(F)c5nc(C)n(C(C)C)c5c4)n3)cc2Cl)nc1. The fourth-order valence-corrected chi connectivity index (χ4v) is 4.48. The maximum absolute atomic E-state index is 15.0. The molecule has 0 saturated heterocycles. The number of hydrogen-bond acceptors (Lipinski definition) is 6. The molecular weight excluding hydrogens is 510 g/mol. The summed E-state index contributed by atoms with van der Waals surface area (Å²) in [5.41, 5.74) is 3.48. The van der Waals surface area contributed by atoms with Crippen molar-refractivity contribution in [1.29, 1.82) is 0 Å². The Balaban J connectivity index is 1.39. The summed E-state index contributed by atoms with van der Waals surface area (Å²) in [7, 11) is 0. The van der Waals surface area contributed by atoms with Crippen molar-refractivity contribution in [3.8, 4) is 17.0 Å². The van der Waals surface area contributed by atoms with E-state index in [0.717, 1.165) is 17.5 Å². The summed E-state index contributed by atoms with van der Waals surface area (Å²) in [6.45, 7) is 8.01. The summed E-state index contributed by atoms with van der Waals surface area (Å²) in [6.07, 6.45) is 2.82. The number of halogens is 3. The summed E-state index contributed by atoms with van der Waals surface area (Å²) < 4.78 is 37.5. The van der Waals surface area contributed by atoms with Crippen molar-refractivity contribution in [2.24, 2.45) is 0 Å². The molecule has 5 aromatic rings. The van der Waals surface area contributed by atoms with Crippen molar-refractivity contribution < 1.29 is 13.5 Å². The molecule has 0 aliphatic heterocycles. The standard InChI is InChI=1S/C28H25ClF2N6O/c1-15(2)37-17(4)34-27-22(30)9-18(10-24(27)37)26-23(31)13-33-28(36-26)35-19-7-8-25(21(29)11-19)38-14-20-6-5-16(3)12-32-20/h5-13,15H,14H2,1-4H3,(H,33,35,36). The number of ether oxygens (including phenoxy) is 1. The van der Waals surface area contributed by atoms with Crippen molar-refractivity contribution in [3.05, 3.63) is 88.6 Å². The second-order valence-electron chi connectivity index (χ2n) is 9.22. The minimum absolute atomic E-state index is 0.0332. The lowest BCUT2D eigenvalue weighted by atomic mass is 10.1. The first kappa shape index (κ1) is 25.5. The zero-order chi connectivity index (χ0) is 27.0. The van der Waals surface area contributed by atoms with E-state index in [-0.39, 0.29) is 35.4 Å². The van der Waals surface area contributed by atoms with Crippen molar-refractivity contribution in [2.75, 3.05) is 5.32 Å². The first-order valence-electron chi connectivity index (χ1n) is 12.0. The Kier molecular flexibility index (Phi) is 6.94. The van der Waals surface area contributed by atoms with Gasteiger partial charge in [-0.05, 0) is 69.7 Å². The normalized spacial score (nSPS) is 11.4. The second-order valence-corrected chi connectivity index (χ2v) is 9.63. The van der Waals surface area contributed by atoms with E-state index in [2.05, 4.69) is 25.3 Å². The molecule has 1 N–H and O–H groups in total. The van der Waals surface area contributed by atoms with Crippen LogP contribution in [0.4, 0.5) is 20.4 Å². The molecule has 0 fully saturated rings. The Morgan fingerprint density at radius 2 is 1.79 bits per heavy atom. The van der Waals surface area contributed by atoms with Gasteiger partial charge in [0.25, 0.3) is 0 Å². The summed E-state index contributed by atoms with van der Waals surface area (Å²) in [6, 6.07) is 11.9. The smallest absolute Gasteiger partial charge is 0.227 e. The number of aryl methyl sites for hydroxylation is 2. The van der Waals surface area contributed by atoms with Gasteiger partial charge in [-0.2, -0.15) is 0 Å². The van der Waals surface area contributed by atoms with Gasteiger partial charge in [0.05, 0.1) is 22.4 Å². The highest BCUT2D eigenvalue weighted by molar-refractivity contribution is 6.32. The highest BCUT2D eigenvalue weighted by Crippen LogP contribution is 2.32. The van der Waals surface area contributed by atoms with Gasteiger partial charge in [0.1, 0.15) is 29.4 Å². The van der Waals surface area contributed by atoms with Crippen LogP contribution in [0.1, 0.15) is 37.0 Å². The Morgan fingerprint density at radius 1 is 0.974 bits per heavy atom. The van der Waals surface area contributed by atoms with Crippen LogP contribution in [0.25, 0.3) is 22.3 Å². The van der Waals surface area contributed by atoms with Gasteiger partial charge in [-0.3, -0.25) is 4.98 Å². The van der Waals surface area contributed by atoms with E-state index in [1.54, 1.807) is 30.5 Å². The van der Waals surface area contributed by atoms with Gasteiger partial charge < -0.3 is 14.6 Å². The van der Waals surface area contributed by atoms with Crippen LogP contribution in [0.2, 0.25) is 5.02 Å². The fourth-order valence-electron chi connectivity index (χ4n) is 4.25. The van der Waals surface area contributed by atoms with E-state index in [1.165, 1.54) is 6.07 Å². The lowest BCUT2D eigenvalue weighted by Gasteiger charge is -2.13. The van der Waals surface area contributed by atoms with E-state index >= 15 is 0 Å². The Labute approximate surface area is 223 Å². The largest absolute Gasteiger partial charge is 0.486 e. The molecule has 0 aliphatic rings. The molecule has 5 rings (SSSR count). The molecule has 3 heterocycles. The molecule has 0 amide bonds. The molecule has 38 heavy (non-hydrogen) atoms. The minimum atomic E-state index is -0.673. The zero-order valence-corrected chi connectivity index (χ0v) is 22.0. The third kappa shape index (κ3) is 5.15. The number of benzene rings is 2. The minimum Gasteiger partial charge on any atom is -0.486 e. The maximum Gasteiger partial charge on any atom is 0.227 e. The van der Waals surface area contributed by atoms with E-state index in [0.29, 0.717) is 27.8 Å². The van der Waals surface area contributed by atoms with Crippen molar-refractivity contribution in [1.82, 2.24) is 24.5 Å². The van der Waals surface area contributed by atoms with Crippen LogP contribution in [-0.4, -0.2) is 24.5 Å². The van der Waals surface area contributed by atoms with Gasteiger partial charge in [-0.1, -0.05) is 17.7 Å². The lowest BCUT2D eigenvalue weighted by molar-refractivity contribution is 0.301. The molecule has 0 bridgehead atoms. The van der Waals surface area contributed by atoms with Crippen LogP contribution in [0.3, 0.4) is 0 Å². The van der Waals surface area contributed by atoms with Crippen LogP contribution < -0.4 is 10.1 Å². The van der Waals surface area contributed by atoms with Crippen LogP contribution in [0.15, 0.2) is 54.9 Å². The number of pyridine rings is 1. The summed E-state index contributed by atoms with van der Waals surface area (Å²) in [4.78, 5) is 17.0. The molecule has 0 radical (unpaired) electrons. The molecule has 0 spiro atoms. The Bertz CT molecular complexity index is 1640. The average Bonchev–Trinajstić information content (AvgIpc) is 3.22. The molecular formula is C28H25ClF2N6O. The number of hydrogen-bond donors (Lipinski definition) is 1. The van der Waals surface area contributed by atoms with Crippen LogP contribution >= 0.6 is 11.6 Å². The number of nitrogens with one attached hydrogen (secondary N) is 1. The van der Waals surface area contributed by atoms with E-state index in [1.807, 2.05) is 44.4 Å². The first-order chi connectivity index (χ1) is 18.2. The maximum atomic E-state index is 15.0. The highest BCUT2D eigenvalue weighted by atomic mass is 35.5. The number of imidazole rings is 1. The summed E-state index contributed by atoms with van der Waals surface area (Å²) in [5, 5.41) is 3.39. The van der Waals surface area contributed by atoms with Crippen molar-refractivity contribution in [3.63, 3.8) is 0 Å². The van der Waals surface area contributed by atoms with E-state index < -0.39 is 11.6 Å². The lowest BCUT2D eigenvalue weighted by Crippen LogP contribution is -2.04. The van der Waals surface area contributed by atoms with Gasteiger partial charge in [0, 0.05) is 23.5 Å². The van der Waals surface area contributed by atoms with Crippen molar-refractivity contribution >= 4 is 34.3 Å². The molecule has 0 atom stereocenters. The van der Waals surface area contributed by atoms with E-state index in [4.69, 9.17) is 16.3 Å². The van der Waals surface area contributed by atoms with Crippen LogP contribution in [-0.2, 0) is 6.61 Å². The monoisotopic (exact) mass is 534 g/mol. The third-order valence-electron chi connectivity index (χ3n) is 6.00. The molecule has 2 aromatic carbocycles. The quantitative estimate of drug-likeness (QED) is 0.235. The number of aromatic nitrogens is 5. The van der Waals surface area contributed by atoms with E-state index in [9.17, 15) is 8.78 Å². The summed E-state index contributed by atoms with van der Waals surface area (Å²) >= 11 is 6.42. The topological polar surface area (TPSA) is 77.8 Å². The highest BCUT2D eigenvalue weighted by Gasteiger charge is 2.18. The number of rotatable bonds is 7. The predicted octanol–water partition coefficient (Wildman–Crippen LogP) is 7.34. The second kappa shape index (κ2) is 10.3. The molecule has 194 valence electrons. The van der Waals surface area contributed by atoms with Gasteiger partial charge in [-0.25, -0.2) is 23.7 Å². The molecule has 3 aromatic heterocycles. The first-order valence-corrected chi connectivity index (χ1v) is 12.4. The molecule has 10 heteroatoms. The fraction of sp³-hybridized carbons (Fsp3) is 0.214. The average molecular weight is 535 g/mol. The number of nitrogens with zero attached hydrogens (tertiary/aromatic N) is 5. The molecule has 0 unspecified atom stereocenters. The molecule has 7 nitrogen and oxygen atoms in total. The predicted molar refractivity (Wildman–Crippen MR) is 144 cm³/mol. The van der Waals surface area contributed by atoms with Gasteiger partial charge >= 0.3 is 0 Å². The third-order valence-corrected chi connectivity index (χ3v) is 6.29. The zero-order valence-electron chi connectivity index (χ0n) is 21.3. The van der Waals surface area contributed by atoms with Gasteiger partial charge in [0.2, 0.25) is 5.95 Å². The number of fused-ring (bicyclic) bond motifs is 1. The van der Waals surface area contributed by atoms with Crippen LogP contribution in [0.5, 0.6) is 5.75 Å². The van der Waals surface area contributed by atoms with Gasteiger partial charge in [0.15, 0.2) is 11.6 Å². The van der Waals surface area contributed by atoms with Crippen LogP contribution in [0, 0.1) is 25.5 Å². The van der Waals surface area contributed by atoms with Gasteiger partial charge in [-0.15, -0.1) is 0 Å². The Hall–Kier alpha value is -4.11. The Morgan fingerprint density at radius 3 is 2.50 bits per heavy atom. The summed E-state index contributed by atoms with van der Waals surface area (Å²) in [5.74, 6) is 0.0741.